The van der Waals surface area contributed by atoms with Gasteiger partial charge in [0.25, 0.3) is 5.56 Å². The van der Waals surface area contributed by atoms with Gasteiger partial charge in [-0.05, 0) is 42.8 Å². The summed E-state index contributed by atoms with van der Waals surface area (Å²) in [6.45, 7) is 2.41. The highest BCUT2D eigenvalue weighted by Gasteiger charge is 2.27. The molecule has 1 unspecified atom stereocenters. The van der Waals surface area contributed by atoms with Crippen LogP contribution in [0.2, 0.25) is 0 Å². The van der Waals surface area contributed by atoms with Gasteiger partial charge < -0.3 is 0 Å². The monoisotopic (exact) mass is 382 g/mol. The first kappa shape index (κ1) is 16.9. The maximum absolute atomic E-state index is 12.5. The second-order valence-corrected chi connectivity index (χ2v) is 8.36. The van der Waals surface area contributed by atoms with E-state index in [-0.39, 0.29) is 5.56 Å². The van der Waals surface area contributed by atoms with Crippen molar-refractivity contribution in [1.82, 2.24) is 29.3 Å². The van der Waals surface area contributed by atoms with Gasteiger partial charge in [-0.25, -0.2) is 4.68 Å². The number of hydrogen-bond acceptors (Lipinski definition) is 6. The summed E-state index contributed by atoms with van der Waals surface area (Å²) in [5, 5.41) is 13.3. The molecule has 0 saturated carbocycles. The van der Waals surface area contributed by atoms with Crippen molar-refractivity contribution in [2.24, 2.45) is 0 Å². The van der Waals surface area contributed by atoms with Crippen LogP contribution in [0.4, 0.5) is 0 Å². The first-order valence-corrected chi connectivity index (χ1v) is 10.6. The summed E-state index contributed by atoms with van der Waals surface area (Å²) in [7, 11) is 0. The van der Waals surface area contributed by atoms with E-state index in [1.807, 2.05) is 40.6 Å². The molecule has 0 amide bonds. The molecule has 5 rings (SSSR count). The van der Waals surface area contributed by atoms with Gasteiger partial charge in [0.15, 0.2) is 11.5 Å². The Morgan fingerprint density at radius 2 is 2.22 bits per heavy atom. The Bertz CT molecular complexity index is 1030. The molecular formula is C19H22N6OS. The van der Waals surface area contributed by atoms with Crippen LogP contribution in [0.5, 0.6) is 0 Å². The summed E-state index contributed by atoms with van der Waals surface area (Å²) in [6.07, 6.45) is 5.18. The molecule has 0 aliphatic carbocycles. The molecule has 2 aliphatic heterocycles. The van der Waals surface area contributed by atoms with E-state index in [0.717, 1.165) is 66.6 Å². The zero-order valence-corrected chi connectivity index (χ0v) is 15.9. The van der Waals surface area contributed by atoms with Crippen LogP contribution in [-0.4, -0.2) is 47.6 Å². The summed E-state index contributed by atoms with van der Waals surface area (Å²) in [5.74, 6) is 2.95. The van der Waals surface area contributed by atoms with Crippen molar-refractivity contribution in [1.29, 1.82) is 0 Å². The standard InChI is InChI=1S/C19H22N6OS/c26-19-10-14-13-27-9-6-16(14)22-25(19)11-15-4-3-7-23(15)12-18-21-20-17-5-1-2-8-24(17)18/h1-2,5,8,10,15H,3-4,6-7,9,11-13H2. The second-order valence-electron chi connectivity index (χ2n) is 7.25. The van der Waals surface area contributed by atoms with E-state index in [1.165, 1.54) is 0 Å². The number of hydrogen-bond donors (Lipinski definition) is 0. The van der Waals surface area contributed by atoms with Crippen LogP contribution in [0.3, 0.4) is 0 Å². The number of aryl methyl sites for hydroxylation is 1. The highest BCUT2D eigenvalue weighted by atomic mass is 32.2. The third-order valence-corrected chi connectivity index (χ3v) is 6.52. The van der Waals surface area contributed by atoms with Crippen molar-refractivity contribution < 1.29 is 0 Å². The Hall–Kier alpha value is -2.19. The molecule has 8 heteroatoms. The predicted molar refractivity (Wildman–Crippen MR) is 105 cm³/mol. The van der Waals surface area contributed by atoms with E-state index < -0.39 is 0 Å². The van der Waals surface area contributed by atoms with Crippen LogP contribution in [0.15, 0.2) is 35.3 Å². The highest BCUT2D eigenvalue weighted by Crippen LogP contribution is 2.23. The fourth-order valence-electron chi connectivity index (χ4n) is 4.07. The molecule has 0 spiro atoms. The quantitative estimate of drug-likeness (QED) is 0.685. The van der Waals surface area contributed by atoms with Gasteiger partial charge in [-0.1, -0.05) is 6.07 Å². The van der Waals surface area contributed by atoms with Gasteiger partial charge in [-0.15, -0.1) is 10.2 Å². The molecule has 0 radical (unpaired) electrons. The smallest absolute Gasteiger partial charge is 0.267 e. The molecular weight excluding hydrogens is 360 g/mol. The lowest BCUT2D eigenvalue weighted by molar-refractivity contribution is 0.211. The fourth-order valence-corrected chi connectivity index (χ4v) is 5.03. The average molecular weight is 382 g/mol. The average Bonchev–Trinajstić information content (AvgIpc) is 3.30. The lowest BCUT2D eigenvalue weighted by Gasteiger charge is -2.24. The van der Waals surface area contributed by atoms with Crippen molar-refractivity contribution in [3.05, 3.63) is 57.9 Å². The maximum Gasteiger partial charge on any atom is 0.267 e. The predicted octanol–water partition coefficient (Wildman–Crippen LogP) is 1.74. The van der Waals surface area contributed by atoms with Gasteiger partial charge in [0.1, 0.15) is 0 Å². The molecule has 140 valence electrons. The van der Waals surface area contributed by atoms with E-state index in [1.54, 1.807) is 10.7 Å². The van der Waals surface area contributed by atoms with Crippen molar-refractivity contribution in [3.8, 4) is 0 Å². The number of thioether (sulfide) groups is 1. The zero-order chi connectivity index (χ0) is 18.2. The molecule has 3 aromatic rings. The number of nitrogens with zero attached hydrogens (tertiary/aromatic N) is 6. The normalized spacial score (nSPS) is 20.2. The Balaban J connectivity index is 1.36. The van der Waals surface area contributed by atoms with Crippen molar-refractivity contribution in [2.45, 2.75) is 44.1 Å². The molecule has 0 N–H and O–H groups in total. The first-order chi connectivity index (χ1) is 13.3. The minimum Gasteiger partial charge on any atom is -0.291 e. The Kier molecular flexibility index (Phi) is 4.45. The minimum atomic E-state index is 0.0241. The van der Waals surface area contributed by atoms with Gasteiger partial charge in [-0.2, -0.15) is 16.9 Å². The summed E-state index contributed by atoms with van der Waals surface area (Å²) < 4.78 is 3.72. The molecule has 2 aliphatic rings. The molecule has 5 heterocycles. The SMILES string of the molecule is O=c1cc2c(nn1CC1CCCN1Cc1nnc3ccccn13)CCSC2. The van der Waals surface area contributed by atoms with Gasteiger partial charge in [0, 0.05) is 30.5 Å². The largest absolute Gasteiger partial charge is 0.291 e. The lowest BCUT2D eigenvalue weighted by atomic mass is 10.2. The topological polar surface area (TPSA) is 68.3 Å². The minimum absolute atomic E-state index is 0.0241. The van der Waals surface area contributed by atoms with E-state index in [2.05, 4.69) is 20.2 Å². The maximum atomic E-state index is 12.5. The lowest BCUT2D eigenvalue weighted by Crippen LogP contribution is -2.37. The molecule has 3 aromatic heterocycles. The van der Waals surface area contributed by atoms with Gasteiger partial charge in [-0.3, -0.25) is 14.1 Å². The Morgan fingerprint density at radius 1 is 1.26 bits per heavy atom. The number of rotatable bonds is 4. The van der Waals surface area contributed by atoms with Crippen LogP contribution in [0, 0.1) is 0 Å². The molecule has 1 fully saturated rings. The third-order valence-electron chi connectivity index (χ3n) is 5.52. The Labute approximate surface area is 161 Å². The number of fused-ring (bicyclic) bond motifs is 2. The zero-order valence-electron chi connectivity index (χ0n) is 15.1. The van der Waals surface area contributed by atoms with E-state index in [9.17, 15) is 4.79 Å². The Morgan fingerprint density at radius 3 is 3.19 bits per heavy atom. The van der Waals surface area contributed by atoms with Crippen LogP contribution in [0.25, 0.3) is 5.65 Å². The van der Waals surface area contributed by atoms with E-state index >= 15 is 0 Å². The molecule has 1 atom stereocenters. The molecule has 0 bridgehead atoms. The van der Waals surface area contributed by atoms with Crippen molar-refractivity contribution in [3.63, 3.8) is 0 Å². The summed E-state index contributed by atoms with van der Waals surface area (Å²) in [6, 6.07) is 8.03. The summed E-state index contributed by atoms with van der Waals surface area (Å²) in [4.78, 5) is 14.9. The van der Waals surface area contributed by atoms with Crippen LogP contribution >= 0.6 is 11.8 Å². The molecule has 27 heavy (non-hydrogen) atoms. The van der Waals surface area contributed by atoms with Gasteiger partial charge in [0.05, 0.1) is 18.8 Å². The number of aromatic nitrogens is 5. The molecule has 7 nitrogen and oxygen atoms in total. The summed E-state index contributed by atoms with van der Waals surface area (Å²) >= 11 is 1.88. The molecule has 0 aromatic carbocycles. The number of pyridine rings is 1. The second kappa shape index (κ2) is 7.09. The fraction of sp³-hybridized carbons (Fsp3) is 0.474. The molecule has 1 saturated heterocycles. The van der Waals surface area contributed by atoms with Crippen LogP contribution in [0.1, 0.15) is 29.9 Å². The van der Waals surface area contributed by atoms with Gasteiger partial charge >= 0.3 is 0 Å². The van der Waals surface area contributed by atoms with Crippen molar-refractivity contribution in [2.75, 3.05) is 12.3 Å². The van der Waals surface area contributed by atoms with E-state index in [4.69, 9.17) is 0 Å². The summed E-state index contributed by atoms with van der Waals surface area (Å²) in [5.41, 5.74) is 3.11. The van der Waals surface area contributed by atoms with Crippen molar-refractivity contribution >= 4 is 17.4 Å². The van der Waals surface area contributed by atoms with Crippen LogP contribution < -0.4 is 5.56 Å². The van der Waals surface area contributed by atoms with Gasteiger partial charge in [0.2, 0.25) is 0 Å². The first-order valence-electron chi connectivity index (χ1n) is 9.48. The number of likely N-dealkylation sites (tertiary alicyclic amines) is 1. The third kappa shape index (κ3) is 3.27. The van der Waals surface area contributed by atoms with E-state index in [0.29, 0.717) is 12.6 Å². The highest BCUT2D eigenvalue weighted by molar-refractivity contribution is 7.98. The van der Waals surface area contributed by atoms with Crippen LogP contribution in [-0.2, 0) is 25.3 Å².